The van der Waals surface area contributed by atoms with E-state index in [0.29, 0.717) is 17.3 Å². The first-order chi connectivity index (χ1) is 8.17. The minimum Gasteiger partial charge on any atom is -0.496 e. The first-order valence-corrected chi connectivity index (χ1v) is 6.27. The van der Waals surface area contributed by atoms with Crippen molar-refractivity contribution in [2.75, 3.05) is 7.11 Å². The van der Waals surface area contributed by atoms with Crippen LogP contribution in [-0.2, 0) is 6.54 Å². The molecule has 89 valence electrons. The van der Waals surface area contributed by atoms with Crippen LogP contribution < -0.4 is 10.5 Å². The highest BCUT2D eigenvalue weighted by molar-refractivity contribution is 7.09. The van der Waals surface area contributed by atoms with Gasteiger partial charge in [0, 0.05) is 22.5 Å². The van der Waals surface area contributed by atoms with E-state index in [-0.39, 0.29) is 0 Å². The van der Waals surface area contributed by atoms with Crippen LogP contribution in [0.3, 0.4) is 0 Å². The van der Waals surface area contributed by atoms with E-state index < -0.39 is 0 Å². The predicted molar refractivity (Wildman–Crippen MR) is 70.6 cm³/mol. The minimum absolute atomic E-state index is 0.403. The average Bonchev–Trinajstić information content (AvgIpc) is 2.75. The summed E-state index contributed by atoms with van der Waals surface area (Å²) in [6, 6.07) is 3.70. The summed E-state index contributed by atoms with van der Waals surface area (Å²) in [7, 11) is 1.60. The van der Waals surface area contributed by atoms with Crippen molar-refractivity contribution in [1.82, 2.24) is 4.98 Å². The van der Waals surface area contributed by atoms with Crippen molar-refractivity contribution < 1.29 is 4.74 Å². The lowest BCUT2D eigenvalue weighted by Crippen LogP contribution is -2.00. The van der Waals surface area contributed by atoms with Gasteiger partial charge < -0.3 is 10.5 Å². The molecular formula is C12H12ClN2OS. The summed E-state index contributed by atoms with van der Waals surface area (Å²) in [5.74, 6) is 0.707. The Morgan fingerprint density at radius 2 is 2.29 bits per heavy atom. The molecule has 0 saturated carbocycles. The number of halogens is 1. The lowest BCUT2D eigenvalue weighted by atomic mass is 10.1. The molecule has 0 spiro atoms. The molecule has 0 aliphatic rings. The van der Waals surface area contributed by atoms with Crippen molar-refractivity contribution in [3.8, 4) is 17.0 Å². The number of hydrogen-bond acceptors (Lipinski definition) is 4. The summed E-state index contributed by atoms with van der Waals surface area (Å²) in [5.41, 5.74) is 11.2. The lowest BCUT2D eigenvalue weighted by Gasteiger charge is -2.10. The fourth-order valence-corrected chi connectivity index (χ4v) is 2.41. The Kier molecular flexibility index (Phi) is 3.66. The molecule has 1 heterocycles. The zero-order valence-electron chi connectivity index (χ0n) is 9.58. The first kappa shape index (κ1) is 12.4. The summed E-state index contributed by atoms with van der Waals surface area (Å²) in [5, 5.41) is 0.612. The molecule has 0 aliphatic heterocycles. The first-order valence-electron chi connectivity index (χ1n) is 5.07. The number of ether oxygens (including phenoxy) is 1. The van der Waals surface area contributed by atoms with E-state index in [4.69, 9.17) is 22.1 Å². The second kappa shape index (κ2) is 5.04. The molecule has 0 fully saturated rings. The number of aryl methyl sites for hydroxylation is 1. The van der Waals surface area contributed by atoms with E-state index in [0.717, 1.165) is 21.7 Å². The quantitative estimate of drug-likeness (QED) is 0.930. The van der Waals surface area contributed by atoms with Crippen molar-refractivity contribution in [3.05, 3.63) is 33.1 Å². The van der Waals surface area contributed by atoms with Gasteiger partial charge in [-0.05, 0) is 19.1 Å². The van der Waals surface area contributed by atoms with Crippen molar-refractivity contribution in [3.63, 3.8) is 0 Å². The Morgan fingerprint density at radius 3 is 2.82 bits per heavy atom. The molecule has 2 aromatic rings. The Labute approximate surface area is 109 Å². The highest BCUT2D eigenvalue weighted by Crippen LogP contribution is 2.35. The van der Waals surface area contributed by atoms with Gasteiger partial charge in [-0.2, -0.15) is 0 Å². The van der Waals surface area contributed by atoms with Crippen molar-refractivity contribution >= 4 is 22.9 Å². The molecule has 0 bridgehead atoms. The van der Waals surface area contributed by atoms with Crippen LogP contribution in [0.15, 0.2) is 12.1 Å². The molecule has 1 aromatic heterocycles. The normalized spacial score (nSPS) is 10.6. The molecule has 0 saturated heterocycles. The Balaban J connectivity index is 2.59. The Morgan fingerprint density at radius 1 is 1.53 bits per heavy atom. The van der Waals surface area contributed by atoms with Gasteiger partial charge in [0.05, 0.1) is 17.8 Å². The van der Waals surface area contributed by atoms with Gasteiger partial charge >= 0.3 is 0 Å². The third-order valence-electron chi connectivity index (χ3n) is 2.53. The zero-order valence-corrected chi connectivity index (χ0v) is 11.2. The molecule has 2 rings (SSSR count). The fraction of sp³-hybridized carbons (Fsp3) is 0.250. The van der Waals surface area contributed by atoms with Gasteiger partial charge in [-0.25, -0.2) is 4.98 Å². The van der Waals surface area contributed by atoms with Crippen molar-refractivity contribution in [2.24, 2.45) is 5.73 Å². The second-order valence-electron chi connectivity index (χ2n) is 3.56. The van der Waals surface area contributed by atoms with Gasteiger partial charge in [0.15, 0.2) is 5.51 Å². The fourth-order valence-electron chi connectivity index (χ4n) is 1.64. The molecule has 0 atom stereocenters. The number of nitrogens with two attached hydrogens (primary N) is 1. The second-order valence-corrected chi connectivity index (χ2v) is 4.96. The largest absolute Gasteiger partial charge is 0.496 e. The summed E-state index contributed by atoms with van der Waals surface area (Å²) in [6.07, 6.45) is 0. The minimum atomic E-state index is 0.403. The van der Waals surface area contributed by atoms with Gasteiger partial charge in [0.2, 0.25) is 0 Å². The summed E-state index contributed by atoms with van der Waals surface area (Å²) >= 11 is 7.70. The van der Waals surface area contributed by atoms with E-state index in [1.54, 1.807) is 13.2 Å². The summed E-state index contributed by atoms with van der Waals surface area (Å²) in [6.45, 7) is 2.40. The van der Waals surface area contributed by atoms with Crippen LogP contribution in [0, 0.1) is 12.4 Å². The van der Waals surface area contributed by atoms with Crippen LogP contribution in [0.25, 0.3) is 11.3 Å². The Bertz CT molecular complexity index is 539. The third kappa shape index (κ3) is 2.29. The van der Waals surface area contributed by atoms with Crippen LogP contribution in [0.2, 0.25) is 5.02 Å². The van der Waals surface area contributed by atoms with E-state index in [9.17, 15) is 0 Å². The monoisotopic (exact) mass is 267 g/mol. The molecule has 1 aromatic carbocycles. The number of methoxy groups -OCH3 is 1. The smallest absolute Gasteiger partial charge is 0.153 e. The van der Waals surface area contributed by atoms with Gasteiger partial charge in [-0.15, -0.1) is 11.3 Å². The number of thiazole rings is 1. The van der Waals surface area contributed by atoms with E-state index in [1.807, 2.05) is 13.0 Å². The average molecular weight is 268 g/mol. The lowest BCUT2D eigenvalue weighted by molar-refractivity contribution is 0.410. The van der Waals surface area contributed by atoms with Crippen molar-refractivity contribution in [1.29, 1.82) is 0 Å². The molecular weight excluding hydrogens is 256 g/mol. The molecule has 17 heavy (non-hydrogen) atoms. The molecule has 0 unspecified atom stereocenters. The van der Waals surface area contributed by atoms with Gasteiger partial charge in [-0.1, -0.05) is 11.6 Å². The highest BCUT2D eigenvalue weighted by atomic mass is 35.5. The number of rotatable bonds is 3. The van der Waals surface area contributed by atoms with Crippen LogP contribution >= 0.6 is 22.9 Å². The number of benzene rings is 1. The summed E-state index contributed by atoms with van der Waals surface area (Å²) in [4.78, 5) is 5.29. The van der Waals surface area contributed by atoms with Crippen LogP contribution in [0.4, 0.5) is 0 Å². The zero-order chi connectivity index (χ0) is 12.4. The maximum atomic E-state index is 6.23. The van der Waals surface area contributed by atoms with E-state index >= 15 is 0 Å². The molecule has 0 amide bonds. The Hall–Kier alpha value is -1.10. The van der Waals surface area contributed by atoms with Gasteiger partial charge in [0.1, 0.15) is 5.75 Å². The van der Waals surface area contributed by atoms with E-state index in [1.165, 1.54) is 11.3 Å². The standard InChI is InChI=1S/C12H12ClN2OS/c1-7-12(15-6-17-7)9-3-8(5-14)11(16-2)4-10(9)13/h3-4H,5,14H2,1-2H3. The number of hydrogen-bond donors (Lipinski definition) is 1. The van der Waals surface area contributed by atoms with Crippen LogP contribution in [0.5, 0.6) is 5.75 Å². The van der Waals surface area contributed by atoms with Crippen LogP contribution in [0.1, 0.15) is 10.4 Å². The van der Waals surface area contributed by atoms with E-state index in [2.05, 4.69) is 10.5 Å². The number of aromatic nitrogens is 1. The maximum Gasteiger partial charge on any atom is 0.153 e. The van der Waals surface area contributed by atoms with Gasteiger partial charge in [0.25, 0.3) is 0 Å². The third-order valence-corrected chi connectivity index (χ3v) is 3.53. The molecule has 5 heteroatoms. The molecule has 1 radical (unpaired) electrons. The molecule has 2 N–H and O–H groups in total. The van der Waals surface area contributed by atoms with Crippen LogP contribution in [-0.4, -0.2) is 12.1 Å². The highest BCUT2D eigenvalue weighted by Gasteiger charge is 2.13. The molecule has 3 nitrogen and oxygen atoms in total. The maximum absolute atomic E-state index is 6.23. The summed E-state index contributed by atoms with van der Waals surface area (Å²) < 4.78 is 5.23. The van der Waals surface area contributed by atoms with Crippen molar-refractivity contribution in [2.45, 2.75) is 13.5 Å². The predicted octanol–water partition coefficient (Wildman–Crippen LogP) is 3.04. The van der Waals surface area contributed by atoms with Gasteiger partial charge in [-0.3, -0.25) is 0 Å². The SMILES string of the molecule is COc1cc(Cl)c(-c2n[c]sc2C)cc1CN. The molecule has 0 aliphatic carbocycles. The topological polar surface area (TPSA) is 48.1 Å². The number of nitrogens with zero attached hydrogens (tertiary/aromatic N) is 1.